The summed E-state index contributed by atoms with van der Waals surface area (Å²) in [5, 5.41) is 6.81. The van der Waals surface area contributed by atoms with Crippen LogP contribution in [0.5, 0.6) is 0 Å². The number of hydrogen-bond acceptors (Lipinski definition) is 4. The highest BCUT2D eigenvalue weighted by atomic mass is 32.2. The van der Waals surface area contributed by atoms with Gasteiger partial charge >= 0.3 is 0 Å². The van der Waals surface area contributed by atoms with Gasteiger partial charge in [-0.05, 0) is 48.4 Å². The highest BCUT2D eigenvalue weighted by molar-refractivity contribution is 7.98. The van der Waals surface area contributed by atoms with Gasteiger partial charge in [-0.2, -0.15) is 11.8 Å². The molecule has 0 bridgehead atoms. The highest BCUT2D eigenvalue weighted by Gasteiger charge is 2.41. The molecule has 2 N–H and O–H groups in total. The van der Waals surface area contributed by atoms with Crippen LogP contribution in [0.15, 0.2) is 30.3 Å². The number of fused-ring (bicyclic) bond motifs is 3. The van der Waals surface area contributed by atoms with Crippen molar-refractivity contribution in [2.24, 2.45) is 0 Å². The molecule has 2 unspecified atom stereocenters. The zero-order chi connectivity index (χ0) is 18.4. The summed E-state index contributed by atoms with van der Waals surface area (Å²) in [6.45, 7) is 3.34. The average Bonchev–Trinajstić information content (AvgIpc) is 2.83. The lowest BCUT2D eigenvalue weighted by Crippen LogP contribution is -2.44. The first-order valence-electron chi connectivity index (χ1n) is 9.61. The smallest absolute Gasteiger partial charge is 0.131 e. The van der Waals surface area contributed by atoms with Crippen molar-refractivity contribution in [1.29, 1.82) is 0 Å². The van der Waals surface area contributed by atoms with Gasteiger partial charge in [-0.15, -0.1) is 0 Å². The lowest BCUT2D eigenvalue weighted by Gasteiger charge is -2.33. The minimum atomic E-state index is -0.500. The van der Waals surface area contributed by atoms with E-state index in [1.165, 1.54) is 41.4 Å². The third-order valence-corrected chi connectivity index (χ3v) is 7.00. The van der Waals surface area contributed by atoms with E-state index >= 15 is 0 Å². The number of piperidine rings is 1. The standard InChI is InChI=1S/C21H23F2N3S/c22-18-2-1-3-19(23)17(18)11-25-14-8-13-12-27-7-6-26-20-4-5-24-10-16(20)15(9-14)21(13)26/h1-3,8-9,16,20,24-25H,4-7,10-12H2. The van der Waals surface area contributed by atoms with Crippen LogP contribution in [0.25, 0.3) is 0 Å². The predicted octanol–water partition coefficient (Wildman–Crippen LogP) is 4.09. The van der Waals surface area contributed by atoms with E-state index in [9.17, 15) is 8.78 Å². The molecule has 0 aliphatic carbocycles. The number of halogens is 2. The van der Waals surface area contributed by atoms with E-state index in [1.807, 2.05) is 11.8 Å². The molecule has 27 heavy (non-hydrogen) atoms. The van der Waals surface area contributed by atoms with Crippen molar-refractivity contribution in [3.63, 3.8) is 0 Å². The Morgan fingerprint density at radius 2 is 2.07 bits per heavy atom. The monoisotopic (exact) mass is 387 g/mol. The fourth-order valence-electron chi connectivity index (χ4n) is 4.78. The van der Waals surface area contributed by atoms with Gasteiger partial charge < -0.3 is 15.5 Å². The predicted molar refractivity (Wildman–Crippen MR) is 108 cm³/mol. The summed E-state index contributed by atoms with van der Waals surface area (Å²) < 4.78 is 27.9. The Labute approximate surface area is 162 Å². The molecule has 2 aromatic carbocycles. The molecule has 1 saturated heterocycles. The summed E-state index contributed by atoms with van der Waals surface area (Å²) in [7, 11) is 0. The molecule has 0 saturated carbocycles. The first-order valence-corrected chi connectivity index (χ1v) is 10.8. The Kier molecular flexibility index (Phi) is 4.48. The van der Waals surface area contributed by atoms with Gasteiger partial charge in [0.05, 0.1) is 0 Å². The Balaban J connectivity index is 1.48. The molecule has 0 amide bonds. The molecule has 3 aliphatic heterocycles. The van der Waals surface area contributed by atoms with E-state index in [2.05, 4.69) is 27.7 Å². The summed E-state index contributed by atoms with van der Waals surface area (Å²) >= 11 is 1.97. The second kappa shape index (κ2) is 6.99. The van der Waals surface area contributed by atoms with Gasteiger partial charge in [0.15, 0.2) is 0 Å². The van der Waals surface area contributed by atoms with Gasteiger partial charge in [0, 0.05) is 60.0 Å². The van der Waals surface area contributed by atoms with Crippen molar-refractivity contribution in [2.75, 3.05) is 35.6 Å². The third-order valence-electron chi connectivity index (χ3n) is 6.02. The first-order chi connectivity index (χ1) is 13.2. The maximum Gasteiger partial charge on any atom is 0.131 e. The van der Waals surface area contributed by atoms with Crippen LogP contribution < -0.4 is 15.5 Å². The van der Waals surface area contributed by atoms with Gasteiger partial charge in [0.2, 0.25) is 0 Å². The molecule has 5 rings (SSSR count). The Hall–Kier alpha value is -1.79. The Morgan fingerprint density at radius 3 is 2.93 bits per heavy atom. The van der Waals surface area contributed by atoms with Crippen LogP contribution >= 0.6 is 11.8 Å². The van der Waals surface area contributed by atoms with Crippen molar-refractivity contribution in [3.05, 3.63) is 58.7 Å². The van der Waals surface area contributed by atoms with Gasteiger partial charge in [0.1, 0.15) is 11.6 Å². The average molecular weight is 387 g/mol. The van der Waals surface area contributed by atoms with Crippen molar-refractivity contribution >= 4 is 23.1 Å². The minimum absolute atomic E-state index is 0.0945. The fraction of sp³-hybridized carbons (Fsp3) is 0.429. The molecule has 0 radical (unpaired) electrons. The number of thioether (sulfide) groups is 1. The molecule has 2 atom stereocenters. The van der Waals surface area contributed by atoms with E-state index in [1.54, 1.807) is 0 Å². The third kappa shape index (κ3) is 2.99. The maximum absolute atomic E-state index is 14.0. The largest absolute Gasteiger partial charge is 0.381 e. The van der Waals surface area contributed by atoms with Crippen LogP contribution in [0.3, 0.4) is 0 Å². The molecule has 1 fully saturated rings. The quantitative estimate of drug-likeness (QED) is 0.830. The lowest BCUT2D eigenvalue weighted by atomic mass is 9.89. The second-order valence-electron chi connectivity index (χ2n) is 7.54. The summed E-state index contributed by atoms with van der Waals surface area (Å²) in [6, 6.07) is 8.98. The van der Waals surface area contributed by atoms with Crippen LogP contribution in [-0.4, -0.2) is 31.4 Å². The van der Waals surface area contributed by atoms with Gasteiger partial charge in [-0.3, -0.25) is 0 Å². The molecular formula is C21H23F2N3S. The second-order valence-corrected chi connectivity index (χ2v) is 8.64. The molecule has 6 heteroatoms. The molecule has 142 valence electrons. The number of hydrogen-bond donors (Lipinski definition) is 2. The highest BCUT2D eigenvalue weighted by Crippen LogP contribution is 2.48. The molecule has 2 aromatic rings. The SMILES string of the molecule is Fc1cccc(F)c1CNc1cc2c3c(c1)C1CNCCC1N3CCSC2. The lowest BCUT2D eigenvalue weighted by molar-refractivity contribution is 0.406. The number of benzene rings is 2. The summed E-state index contributed by atoms with van der Waals surface area (Å²) in [5.74, 6) is 1.64. The summed E-state index contributed by atoms with van der Waals surface area (Å²) in [6.07, 6.45) is 1.17. The zero-order valence-electron chi connectivity index (χ0n) is 15.1. The van der Waals surface area contributed by atoms with E-state index in [0.717, 1.165) is 36.8 Å². The van der Waals surface area contributed by atoms with E-state index in [4.69, 9.17) is 0 Å². The fourth-order valence-corrected chi connectivity index (χ4v) is 5.69. The van der Waals surface area contributed by atoms with Crippen LogP contribution in [0.2, 0.25) is 0 Å². The van der Waals surface area contributed by atoms with Gasteiger partial charge in [-0.25, -0.2) is 8.78 Å². The number of nitrogens with zero attached hydrogens (tertiary/aromatic N) is 1. The van der Waals surface area contributed by atoms with E-state index in [-0.39, 0.29) is 12.1 Å². The molecular weight excluding hydrogens is 364 g/mol. The van der Waals surface area contributed by atoms with Crippen molar-refractivity contribution in [3.8, 4) is 0 Å². The van der Waals surface area contributed by atoms with Crippen LogP contribution in [0, 0.1) is 11.6 Å². The molecule has 0 aromatic heterocycles. The van der Waals surface area contributed by atoms with Gasteiger partial charge in [0.25, 0.3) is 0 Å². The van der Waals surface area contributed by atoms with Crippen LogP contribution in [-0.2, 0) is 12.3 Å². The van der Waals surface area contributed by atoms with E-state index in [0.29, 0.717) is 12.0 Å². The van der Waals surface area contributed by atoms with Crippen LogP contribution in [0.1, 0.15) is 29.0 Å². The maximum atomic E-state index is 14.0. The van der Waals surface area contributed by atoms with Crippen molar-refractivity contribution in [1.82, 2.24) is 5.32 Å². The Morgan fingerprint density at radius 1 is 1.22 bits per heavy atom. The number of anilines is 2. The van der Waals surface area contributed by atoms with Crippen molar-refractivity contribution in [2.45, 2.75) is 30.7 Å². The molecule has 3 heterocycles. The topological polar surface area (TPSA) is 27.3 Å². The number of rotatable bonds is 3. The number of nitrogens with one attached hydrogen (secondary N) is 2. The van der Waals surface area contributed by atoms with Gasteiger partial charge in [-0.1, -0.05) is 6.07 Å². The van der Waals surface area contributed by atoms with Crippen molar-refractivity contribution < 1.29 is 8.78 Å². The summed E-state index contributed by atoms with van der Waals surface area (Å²) in [5.41, 5.74) is 5.21. The first kappa shape index (κ1) is 17.3. The van der Waals surface area contributed by atoms with E-state index < -0.39 is 11.6 Å². The molecule has 3 aliphatic rings. The minimum Gasteiger partial charge on any atom is -0.381 e. The zero-order valence-corrected chi connectivity index (χ0v) is 15.9. The van der Waals surface area contributed by atoms with Crippen LogP contribution in [0.4, 0.5) is 20.2 Å². The summed E-state index contributed by atoms with van der Waals surface area (Å²) in [4.78, 5) is 2.62. The molecule has 0 spiro atoms. The Bertz CT molecular complexity index is 852. The molecule has 3 nitrogen and oxygen atoms in total. The normalized spacial score (nSPS) is 23.6.